The van der Waals surface area contributed by atoms with Gasteiger partial charge in [-0.2, -0.15) is 17.4 Å². The molecule has 6 nitrogen and oxygen atoms in total. The molecule has 1 heterocycles. The van der Waals surface area contributed by atoms with Crippen LogP contribution in [0.15, 0.2) is 0 Å². The second-order valence-corrected chi connectivity index (χ2v) is 5.96. The number of hydrogen-bond donors (Lipinski definition) is 1. The quantitative estimate of drug-likeness (QED) is 0.672. The smallest absolute Gasteiger partial charge is 0.279 e. The van der Waals surface area contributed by atoms with Crippen molar-refractivity contribution < 1.29 is 17.9 Å². The predicted octanol–water partition coefficient (Wildman–Crippen LogP) is -0.232. The van der Waals surface area contributed by atoms with Crippen LogP contribution in [-0.2, 0) is 19.7 Å². The molecule has 0 aromatic carbocycles. The number of ether oxygens (including phenoxy) is 1. The van der Waals surface area contributed by atoms with Gasteiger partial charge in [0, 0.05) is 32.7 Å². The van der Waals surface area contributed by atoms with E-state index in [9.17, 15) is 13.2 Å². The Morgan fingerprint density at radius 2 is 2.24 bits per heavy atom. The summed E-state index contributed by atoms with van der Waals surface area (Å²) in [5.41, 5.74) is 0. The van der Waals surface area contributed by atoms with E-state index < -0.39 is 10.2 Å². The van der Waals surface area contributed by atoms with Crippen molar-refractivity contribution in [3.8, 4) is 0 Å². The van der Waals surface area contributed by atoms with E-state index in [4.69, 9.17) is 4.74 Å². The number of carbonyl (C=O) groups excluding carboxylic acids is 1. The van der Waals surface area contributed by atoms with Crippen LogP contribution in [0, 0.1) is 5.92 Å². The molecular formula is C10H20N2O4S. The zero-order valence-electron chi connectivity index (χ0n) is 10.3. The third-order valence-electron chi connectivity index (χ3n) is 2.89. The van der Waals surface area contributed by atoms with E-state index >= 15 is 0 Å². The topological polar surface area (TPSA) is 75.7 Å². The number of methoxy groups -OCH3 is 1. The molecule has 0 spiro atoms. The lowest BCUT2D eigenvalue weighted by Crippen LogP contribution is -2.47. The van der Waals surface area contributed by atoms with Gasteiger partial charge in [0.1, 0.15) is 5.78 Å². The summed E-state index contributed by atoms with van der Waals surface area (Å²) in [6, 6.07) is 0. The van der Waals surface area contributed by atoms with E-state index in [2.05, 4.69) is 4.72 Å². The van der Waals surface area contributed by atoms with Gasteiger partial charge in [0.25, 0.3) is 10.2 Å². The molecule has 0 amide bonds. The summed E-state index contributed by atoms with van der Waals surface area (Å²) in [6.07, 6.45) is 1.51. The first kappa shape index (κ1) is 14.6. The van der Waals surface area contributed by atoms with E-state index in [0.29, 0.717) is 13.2 Å². The summed E-state index contributed by atoms with van der Waals surface area (Å²) >= 11 is 0. The maximum absolute atomic E-state index is 11.9. The van der Waals surface area contributed by atoms with Crippen LogP contribution in [0.1, 0.15) is 19.8 Å². The second kappa shape index (κ2) is 6.44. The second-order valence-electron chi connectivity index (χ2n) is 4.20. The largest absolute Gasteiger partial charge is 0.383 e. The Morgan fingerprint density at radius 1 is 1.53 bits per heavy atom. The summed E-state index contributed by atoms with van der Waals surface area (Å²) in [7, 11) is -1.96. The van der Waals surface area contributed by atoms with Crippen LogP contribution >= 0.6 is 0 Å². The minimum atomic E-state index is -3.47. The van der Waals surface area contributed by atoms with E-state index in [1.165, 1.54) is 18.3 Å². The van der Waals surface area contributed by atoms with Gasteiger partial charge < -0.3 is 4.74 Å². The van der Waals surface area contributed by atoms with Crippen molar-refractivity contribution in [3.05, 3.63) is 0 Å². The fraction of sp³-hybridized carbons (Fsp3) is 0.900. The van der Waals surface area contributed by atoms with E-state index in [-0.39, 0.29) is 24.8 Å². The Kier molecular flexibility index (Phi) is 5.51. The molecule has 0 saturated carbocycles. The molecule has 1 atom stereocenters. The predicted molar refractivity (Wildman–Crippen MR) is 63.8 cm³/mol. The fourth-order valence-corrected chi connectivity index (χ4v) is 3.13. The van der Waals surface area contributed by atoms with Gasteiger partial charge in [-0.1, -0.05) is 0 Å². The Morgan fingerprint density at radius 3 is 2.82 bits per heavy atom. The molecule has 1 aliphatic rings. The average Bonchev–Trinajstić information content (AvgIpc) is 2.29. The van der Waals surface area contributed by atoms with Crippen LogP contribution < -0.4 is 4.72 Å². The lowest BCUT2D eigenvalue weighted by molar-refractivity contribution is -0.121. The van der Waals surface area contributed by atoms with Gasteiger partial charge in [-0.05, 0) is 19.8 Å². The normalized spacial score (nSPS) is 22.6. The SMILES string of the molecule is COCCNS(=O)(=O)N1CCCC(C(C)=O)C1. The standard InChI is InChI=1S/C10H20N2O4S/c1-9(13)10-4-3-6-12(8-10)17(14,15)11-5-7-16-2/h10-11H,3-8H2,1-2H3. The third kappa shape index (κ3) is 4.34. The van der Waals surface area contributed by atoms with Crippen LogP contribution in [-0.4, -0.2) is 51.9 Å². The number of nitrogens with zero attached hydrogens (tertiary/aromatic N) is 1. The zero-order valence-corrected chi connectivity index (χ0v) is 11.1. The number of piperidine rings is 1. The van der Waals surface area contributed by atoms with Gasteiger partial charge >= 0.3 is 0 Å². The molecular weight excluding hydrogens is 244 g/mol. The molecule has 0 aliphatic carbocycles. The van der Waals surface area contributed by atoms with E-state index in [1.807, 2.05) is 0 Å². The lowest BCUT2D eigenvalue weighted by atomic mass is 9.96. The lowest BCUT2D eigenvalue weighted by Gasteiger charge is -2.30. The molecule has 1 aliphatic heterocycles. The van der Waals surface area contributed by atoms with Gasteiger partial charge in [0.2, 0.25) is 0 Å². The molecule has 1 rings (SSSR count). The van der Waals surface area contributed by atoms with Crippen molar-refractivity contribution in [2.75, 3.05) is 33.4 Å². The Bertz CT molecular complexity index is 355. The number of hydrogen-bond acceptors (Lipinski definition) is 4. The van der Waals surface area contributed by atoms with Crippen molar-refractivity contribution >= 4 is 16.0 Å². The molecule has 0 radical (unpaired) electrons. The van der Waals surface area contributed by atoms with E-state index in [1.54, 1.807) is 0 Å². The molecule has 1 N–H and O–H groups in total. The minimum absolute atomic E-state index is 0.0572. The molecule has 1 saturated heterocycles. The monoisotopic (exact) mass is 264 g/mol. The van der Waals surface area contributed by atoms with Gasteiger partial charge in [0.05, 0.1) is 6.61 Å². The first-order valence-electron chi connectivity index (χ1n) is 5.71. The van der Waals surface area contributed by atoms with Crippen molar-refractivity contribution in [3.63, 3.8) is 0 Å². The molecule has 0 aromatic heterocycles. The number of rotatable bonds is 6. The number of Topliss-reactive ketones (excluding diaryl/α,β-unsaturated/α-hetero) is 1. The van der Waals surface area contributed by atoms with Crippen LogP contribution in [0.2, 0.25) is 0 Å². The van der Waals surface area contributed by atoms with Crippen LogP contribution in [0.3, 0.4) is 0 Å². The highest BCUT2D eigenvalue weighted by Crippen LogP contribution is 2.19. The molecule has 0 aromatic rings. The van der Waals surface area contributed by atoms with Crippen LogP contribution in [0.4, 0.5) is 0 Å². The van der Waals surface area contributed by atoms with Crippen LogP contribution in [0.25, 0.3) is 0 Å². The molecule has 1 unspecified atom stereocenters. The average molecular weight is 264 g/mol. The Balaban J connectivity index is 2.55. The van der Waals surface area contributed by atoms with E-state index in [0.717, 1.165) is 12.8 Å². The van der Waals surface area contributed by atoms with Crippen molar-refractivity contribution in [1.82, 2.24) is 9.03 Å². The maximum Gasteiger partial charge on any atom is 0.279 e. The zero-order chi connectivity index (χ0) is 12.9. The van der Waals surface area contributed by atoms with Crippen molar-refractivity contribution in [1.29, 1.82) is 0 Å². The molecule has 1 fully saturated rings. The molecule has 17 heavy (non-hydrogen) atoms. The Hall–Kier alpha value is -0.500. The fourth-order valence-electron chi connectivity index (χ4n) is 1.86. The summed E-state index contributed by atoms with van der Waals surface area (Å²) < 4.78 is 32.3. The third-order valence-corrected chi connectivity index (χ3v) is 4.47. The summed E-state index contributed by atoms with van der Waals surface area (Å²) in [4.78, 5) is 11.3. The van der Waals surface area contributed by atoms with Gasteiger partial charge in [-0.15, -0.1) is 0 Å². The van der Waals surface area contributed by atoms with Crippen LogP contribution in [0.5, 0.6) is 0 Å². The molecule has 100 valence electrons. The number of ketones is 1. The first-order valence-corrected chi connectivity index (χ1v) is 7.15. The Labute approximate surface area is 102 Å². The first-order chi connectivity index (χ1) is 7.97. The summed E-state index contributed by atoms with van der Waals surface area (Å²) in [5.74, 6) is -0.107. The highest BCUT2D eigenvalue weighted by molar-refractivity contribution is 7.87. The highest BCUT2D eigenvalue weighted by Gasteiger charge is 2.30. The molecule has 0 bridgehead atoms. The van der Waals surface area contributed by atoms with Gasteiger partial charge in [-0.3, -0.25) is 4.79 Å². The maximum atomic E-state index is 11.9. The summed E-state index contributed by atoms with van der Waals surface area (Å²) in [5, 5.41) is 0. The number of nitrogens with one attached hydrogen (secondary N) is 1. The molecule has 7 heteroatoms. The van der Waals surface area contributed by atoms with Crippen molar-refractivity contribution in [2.45, 2.75) is 19.8 Å². The highest BCUT2D eigenvalue weighted by atomic mass is 32.2. The van der Waals surface area contributed by atoms with Crippen molar-refractivity contribution in [2.24, 2.45) is 5.92 Å². The van der Waals surface area contributed by atoms with Gasteiger partial charge in [-0.25, -0.2) is 0 Å². The minimum Gasteiger partial charge on any atom is -0.383 e. The van der Waals surface area contributed by atoms with Gasteiger partial charge in [0.15, 0.2) is 0 Å². The summed E-state index contributed by atoms with van der Waals surface area (Å²) in [6.45, 7) is 2.87. The number of carbonyl (C=O) groups is 1.